The molecule has 1 aliphatic rings. The first kappa shape index (κ1) is 11.5. The Balaban J connectivity index is 2.17. The van der Waals surface area contributed by atoms with Gasteiger partial charge >= 0.3 is 0 Å². The Morgan fingerprint density at radius 3 is 2.81 bits per heavy atom. The Kier molecular flexibility index (Phi) is 3.49. The number of nitrogens with zero attached hydrogens (tertiary/aromatic N) is 1. The number of carbonyl (C=O) groups is 1. The summed E-state index contributed by atoms with van der Waals surface area (Å²) < 4.78 is 0. The first-order valence-electron chi connectivity index (χ1n) is 5.67. The van der Waals surface area contributed by atoms with E-state index in [0.717, 1.165) is 24.4 Å². The summed E-state index contributed by atoms with van der Waals surface area (Å²) >= 11 is 6.00. The molecule has 0 unspecified atom stereocenters. The molecule has 0 bridgehead atoms. The van der Waals surface area contributed by atoms with Crippen LogP contribution in [0, 0.1) is 5.92 Å². The fourth-order valence-electron chi connectivity index (χ4n) is 2.14. The maximum absolute atomic E-state index is 11.0. The van der Waals surface area contributed by atoms with Crippen LogP contribution in [0.15, 0.2) is 18.2 Å². The standard InChI is InChI=1S/C13H16ClNO/c1-15(8-10-4-2-5-10)13-7-3-6-12(14)11(13)9-16/h3,6-7,9-10H,2,4-5,8H2,1H3. The maximum Gasteiger partial charge on any atom is 0.153 e. The monoisotopic (exact) mass is 237 g/mol. The van der Waals surface area contributed by atoms with Gasteiger partial charge in [0.05, 0.1) is 10.6 Å². The molecule has 0 N–H and O–H groups in total. The lowest BCUT2D eigenvalue weighted by molar-refractivity contribution is 0.112. The zero-order valence-corrected chi connectivity index (χ0v) is 10.2. The predicted octanol–water partition coefficient (Wildman–Crippen LogP) is 3.39. The summed E-state index contributed by atoms with van der Waals surface area (Å²) in [6.07, 6.45) is 4.80. The third-order valence-electron chi connectivity index (χ3n) is 3.32. The average Bonchev–Trinajstić information content (AvgIpc) is 2.22. The van der Waals surface area contributed by atoms with Gasteiger partial charge < -0.3 is 4.90 Å². The highest BCUT2D eigenvalue weighted by Crippen LogP contribution is 2.30. The Bertz CT molecular complexity index is 388. The van der Waals surface area contributed by atoms with E-state index < -0.39 is 0 Å². The van der Waals surface area contributed by atoms with E-state index >= 15 is 0 Å². The molecule has 1 saturated carbocycles. The van der Waals surface area contributed by atoms with Gasteiger partial charge in [-0.15, -0.1) is 0 Å². The van der Waals surface area contributed by atoms with Gasteiger partial charge in [-0.2, -0.15) is 0 Å². The van der Waals surface area contributed by atoms with Crippen molar-refractivity contribution in [3.8, 4) is 0 Å². The molecule has 2 rings (SSSR count). The van der Waals surface area contributed by atoms with Gasteiger partial charge in [-0.25, -0.2) is 0 Å². The third kappa shape index (κ3) is 2.22. The molecule has 0 heterocycles. The van der Waals surface area contributed by atoms with Crippen molar-refractivity contribution in [1.82, 2.24) is 0 Å². The summed E-state index contributed by atoms with van der Waals surface area (Å²) in [5.41, 5.74) is 1.54. The SMILES string of the molecule is CN(CC1CCC1)c1cccc(Cl)c1C=O. The second-order valence-corrected chi connectivity index (χ2v) is 4.88. The number of hydrogen-bond acceptors (Lipinski definition) is 2. The zero-order chi connectivity index (χ0) is 11.5. The van der Waals surface area contributed by atoms with E-state index in [1.165, 1.54) is 19.3 Å². The molecule has 86 valence electrons. The highest BCUT2D eigenvalue weighted by atomic mass is 35.5. The fraction of sp³-hybridized carbons (Fsp3) is 0.462. The maximum atomic E-state index is 11.0. The number of benzene rings is 1. The number of rotatable bonds is 4. The van der Waals surface area contributed by atoms with Gasteiger partial charge in [0, 0.05) is 19.3 Å². The van der Waals surface area contributed by atoms with Crippen molar-refractivity contribution in [3.05, 3.63) is 28.8 Å². The average molecular weight is 238 g/mol. The van der Waals surface area contributed by atoms with Gasteiger partial charge in [-0.3, -0.25) is 4.79 Å². The molecule has 0 amide bonds. The molecule has 3 heteroatoms. The number of hydrogen-bond donors (Lipinski definition) is 0. The Morgan fingerprint density at radius 1 is 1.50 bits per heavy atom. The van der Waals surface area contributed by atoms with E-state index in [2.05, 4.69) is 4.90 Å². The molecule has 0 aromatic heterocycles. The Morgan fingerprint density at radius 2 is 2.25 bits per heavy atom. The minimum Gasteiger partial charge on any atom is -0.374 e. The highest BCUT2D eigenvalue weighted by molar-refractivity contribution is 6.33. The van der Waals surface area contributed by atoms with Crippen molar-refractivity contribution in [2.75, 3.05) is 18.5 Å². The van der Waals surface area contributed by atoms with Crippen LogP contribution in [0.4, 0.5) is 5.69 Å². The molecule has 0 aliphatic heterocycles. The largest absolute Gasteiger partial charge is 0.374 e. The molecule has 16 heavy (non-hydrogen) atoms. The summed E-state index contributed by atoms with van der Waals surface area (Å²) in [6, 6.07) is 5.60. The van der Waals surface area contributed by atoms with Crippen LogP contribution in [0.3, 0.4) is 0 Å². The van der Waals surface area contributed by atoms with E-state index in [0.29, 0.717) is 10.6 Å². The minimum atomic E-state index is 0.535. The molecule has 1 fully saturated rings. The Labute approximate surface area is 101 Å². The first-order chi connectivity index (χ1) is 7.72. The zero-order valence-electron chi connectivity index (χ0n) is 9.45. The van der Waals surface area contributed by atoms with Crippen LogP contribution in [0.5, 0.6) is 0 Å². The van der Waals surface area contributed by atoms with Crippen molar-refractivity contribution in [2.45, 2.75) is 19.3 Å². The highest BCUT2D eigenvalue weighted by Gasteiger charge is 2.20. The van der Waals surface area contributed by atoms with E-state index in [9.17, 15) is 4.79 Å². The lowest BCUT2D eigenvalue weighted by Gasteiger charge is -2.31. The van der Waals surface area contributed by atoms with Gasteiger partial charge in [-0.1, -0.05) is 24.1 Å². The van der Waals surface area contributed by atoms with E-state index in [-0.39, 0.29) is 0 Å². The Hall–Kier alpha value is -1.02. The van der Waals surface area contributed by atoms with Crippen LogP contribution in [-0.2, 0) is 0 Å². The van der Waals surface area contributed by atoms with E-state index in [1.807, 2.05) is 19.2 Å². The second-order valence-electron chi connectivity index (χ2n) is 4.47. The summed E-state index contributed by atoms with van der Waals surface area (Å²) in [4.78, 5) is 13.1. The first-order valence-corrected chi connectivity index (χ1v) is 6.05. The third-order valence-corrected chi connectivity index (χ3v) is 3.65. The topological polar surface area (TPSA) is 20.3 Å². The van der Waals surface area contributed by atoms with Crippen LogP contribution < -0.4 is 4.90 Å². The van der Waals surface area contributed by atoms with Crippen molar-refractivity contribution in [1.29, 1.82) is 0 Å². The predicted molar refractivity (Wildman–Crippen MR) is 67.5 cm³/mol. The van der Waals surface area contributed by atoms with Gasteiger partial charge in [0.1, 0.15) is 0 Å². The van der Waals surface area contributed by atoms with Gasteiger partial charge in [0.25, 0.3) is 0 Å². The van der Waals surface area contributed by atoms with Gasteiger partial charge in [0.15, 0.2) is 6.29 Å². The van der Waals surface area contributed by atoms with Crippen molar-refractivity contribution in [2.24, 2.45) is 5.92 Å². The number of anilines is 1. The van der Waals surface area contributed by atoms with E-state index in [1.54, 1.807) is 6.07 Å². The van der Waals surface area contributed by atoms with E-state index in [4.69, 9.17) is 11.6 Å². The summed E-state index contributed by atoms with van der Waals surface area (Å²) in [7, 11) is 2.02. The minimum absolute atomic E-state index is 0.535. The molecule has 1 aliphatic carbocycles. The molecule has 1 aromatic carbocycles. The smallest absolute Gasteiger partial charge is 0.153 e. The number of halogens is 1. The van der Waals surface area contributed by atoms with Gasteiger partial charge in [-0.05, 0) is 30.9 Å². The van der Waals surface area contributed by atoms with Crippen molar-refractivity contribution >= 4 is 23.6 Å². The lowest BCUT2D eigenvalue weighted by Crippen LogP contribution is -2.29. The number of carbonyl (C=O) groups excluding carboxylic acids is 1. The fourth-order valence-corrected chi connectivity index (χ4v) is 2.35. The van der Waals surface area contributed by atoms with Crippen LogP contribution in [0.25, 0.3) is 0 Å². The molecular weight excluding hydrogens is 222 g/mol. The van der Waals surface area contributed by atoms with Crippen molar-refractivity contribution < 1.29 is 4.79 Å². The molecular formula is C13H16ClNO. The lowest BCUT2D eigenvalue weighted by atomic mass is 9.85. The molecule has 1 aromatic rings. The van der Waals surface area contributed by atoms with Crippen molar-refractivity contribution in [3.63, 3.8) is 0 Å². The summed E-state index contributed by atoms with van der Waals surface area (Å²) in [6.45, 7) is 1.02. The van der Waals surface area contributed by atoms with Crippen LogP contribution >= 0.6 is 11.6 Å². The second kappa shape index (κ2) is 4.88. The molecule has 0 radical (unpaired) electrons. The molecule has 2 nitrogen and oxygen atoms in total. The molecule has 0 atom stereocenters. The quantitative estimate of drug-likeness (QED) is 0.749. The normalized spacial score (nSPS) is 15.6. The van der Waals surface area contributed by atoms with Crippen LogP contribution in [0.2, 0.25) is 5.02 Å². The molecule has 0 spiro atoms. The van der Waals surface area contributed by atoms with Crippen LogP contribution in [0.1, 0.15) is 29.6 Å². The molecule has 0 saturated heterocycles. The number of aldehydes is 1. The van der Waals surface area contributed by atoms with Gasteiger partial charge in [0.2, 0.25) is 0 Å². The summed E-state index contributed by atoms with van der Waals surface area (Å²) in [5.74, 6) is 0.781. The summed E-state index contributed by atoms with van der Waals surface area (Å²) in [5, 5.41) is 0.535. The van der Waals surface area contributed by atoms with Crippen LogP contribution in [-0.4, -0.2) is 19.9 Å².